The summed E-state index contributed by atoms with van der Waals surface area (Å²) in [7, 11) is 0. The van der Waals surface area contributed by atoms with E-state index < -0.39 is 23.5 Å². The average Bonchev–Trinajstić information content (AvgIpc) is 2.39. The standard InChI is InChI=1S/C14H13F3N2/c1-8-3-2-6-19-12(8)7-11(18)9-4-5-10(15)14(17)13(9)16/h2-6,11H,7,18H2,1H3. The molecule has 2 N–H and O–H groups in total. The number of aromatic nitrogens is 1. The van der Waals surface area contributed by atoms with Gasteiger partial charge in [-0.25, -0.2) is 13.2 Å². The molecule has 1 aromatic heterocycles. The summed E-state index contributed by atoms with van der Waals surface area (Å²) in [5, 5.41) is 0. The normalized spacial score (nSPS) is 12.5. The van der Waals surface area contributed by atoms with Gasteiger partial charge in [-0.2, -0.15) is 0 Å². The van der Waals surface area contributed by atoms with Crippen LogP contribution in [-0.4, -0.2) is 4.98 Å². The van der Waals surface area contributed by atoms with Crippen LogP contribution in [0, 0.1) is 24.4 Å². The first-order valence-corrected chi connectivity index (χ1v) is 5.80. The molecule has 1 heterocycles. The maximum Gasteiger partial charge on any atom is 0.194 e. The van der Waals surface area contributed by atoms with Gasteiger partial charge in [-0.15, -0.1) is 0 Å². The number of halogens is 3. The number of nitrogens with zero attached hydrogens (tertiary/aromatic N) is 1. The van der Waals surface area contributed by atoms with Gasteiger partial charge < -0.3 is 5.73 Å². The third-order valence-corrected chi connectivity index (χ3v) is 3.00. The van der Waals surface area contributed by atoms with Gasteiger partial charge in [-0.1, -0.05) is 12.1 Å². The Morgan fingerprint density at radius 1 is 1.16 bits per heavy atom. The third-order valence-electron chi connectivity index (χ3n) is 3.00. The molecule has 2 aromatic rings. The second kappa shape index (κ2) is 5.40. The van der Waals surface area contributed by atoms with Gasteiger partial charge in [0.25, 0.3) is 0 Å². The van der Waals surface area contributed by atoms with Crippen molar-refractivity contribution in [1.29, 1.82) is 0 Å². The summed E-state index contributed by atoms with van der Waals surface area (Å²) in [5.74, 6) is -3.95. The Bertz CT molecular complexity index is 599. The first-order valence-electron chi connectivity index (χ1n) is 5.80. The monoisotopic (exact) mass is 266 g/mol. The van der Waals surface area contributed by atoms with E-state index in [1.54, 1.807) is 12.3 Å². The van der Waals surface area contributed by atoms with E-state index in [9.17, 15) is 13.2 Å². The zero-order valence-electron chi connectivity index (χ0n) is 10.3. The van der Waals surface area contributed by atoms with Crippen molar-refractivity contribution in [2.24, 2.45) is 5.73 Å². The quantitative estimate of drug-likeness (QED) is 0.867. The lowest BCUT2D eigenvalue weighted by molar-refractivity contribution is 0.435. The van der Waals surface area contributed by atoms with Gasteiger partial charge in [0.2, 0.25) is 0 Å². The molecule has 19 heavy (non-hydrogen) atoms. The summed E-state index contributed by atoms with van der Waals surface area (Å²) >= 11 is 0. The van der Waals surface area contributed by atoms with Crippen molar-refractivity contribution in [2.75, 3.05) is 0 Å². The molecule has 0 aliphatic rings. The lowest BCUT2D eigenvalue weighted by atomic mass is 10.00. The van der Waals surface area contributed by atoms with Crippen LogP contribution >= 0.6 is 0 Å². The molecule has 0 amide bonds. The molecule has 1 aromatic carbocycles. The van der Waals surface area contributed by atoms with Crippen LogP contribution in [0.1, 0.15) is 22.9 Å². The Labute approximate surface area is 109 Å². The number of benzene rings is 1. The molecular weight excluding hydrogens is 253 g/mol. The lowest BCUT2D eigenvalue weighted by Crippen LogP contribution is -2.17. The first-order chi connectivity index (χ1) is 9.00. The molecule has 0 fully saturated rings. The zero-order chi connectivity index (χ0) is 14.0. The molecule has 100 valence electrons. The zero-order valence-corrected chi connectivity index (χ0v) is 10.3. The summed E-state index contributed by atoms with van der Waals surface area (Å²) in [6, 6.07) is 4.90. The van der Waals surface area contributed by atoms with Crippen LogP contribution in [0.5, 0.6) is 0 Å². The third kappa shape index (κ3) is 2.76. The number of nitrogens with two attached hydrogens (primary N) is 1. The Morgan fingerprint density at radius 3 is 2.58 bits per heavy atom. The molecule has 0 bridgehead atoms. The number of rotatable bonds is 3. The van der Waals surface area contributed by atoms with Crippen molar-refractivity contribution in [1.82, 2.24) is 4.98 Å². The Balaban J connectivity index is 2.28. The smallest absolute Gasteiger partial charge is 0.194 e. The van der Waals surface area contributed by atoms with Crippen molar-refractivity contribution in [3.05, 3.63) is 64.7 Å². The van der Waals surface area contributed by atoms with E-state index in [2.05, 4.69) is 4.98 Å². The molecule has 1 unspecified atom stereocenters. The van der Waals surface area contributed by atoms with Gasteiger partial charge in [0.15, 0.2) is 17.5 Å². The molecule has 0 aliphatic heterocycles. The molecule has 0 spiro atoms. The van der Waals surface area contributed by atoms with Crippen LogP contribution in [-0.2, 0) is 6.42 Å². The minimum absolute atomic E-state index is 0.0519. The molecule has 0 aliphatic carbocycles. The number of aryl methyl sites for hydroxylation is 1. The summed E-state index contributed by atoms with van der Waals surface area (Å²) in [6.45, 7) is 1.86. The van der Waals surface area contributed by atoms with Gasteiger partial charge >= 0.3 is 0 Å². The van der Waals surface area contributed by atoms with Crippen LogP contribution < -0.4 is 5.73 Å². The van der Waals surface area contributed by atoms with E-state index in [1.165, 1.54) is 0 Å². The van der Waals surface area contributed by atoms with Crippen molar-refractivity contribution in [2.45, 2.75) is 19.4 Å². The Hall–Kier alpha value is -1.88. The van der Waals surface area contributed by atoms with Gasteiger partial charge in [-0.05, 0) is 24.6 Å². The Morgan fingerprint density at radius 2 is 1.89 bits per heavy atom. The van der Waals surface area contributed by atoms with Crippen LogP contribution in [0.2, 0.25) is 0 Å². The molecule has 1 atom stereocenters. The van der Waals surface area contributed by atoms with Crippen molar-refractivity contribution < 1.29 is 13.2 Å². The summed E-state index contributed by atoms with van der Waals surface area (Å²) in [4.78, 5) is 4.14. The van der Waals surface area contributed by atoms with Crippen LogP contribution in [0.4, 0.5) is 13.2 Å². The van der Waals surface area contributed by atoms with Crippen molar-refractivity contribution in [3.8, 4) is 0 Å². The molecule has 2 rings (SSSR count). The fourth-order valence-corrected chi connectivity index (χ4v) is 1.88. The van der Waals surface area contributed by atoms with Crippen molar-refractivity contribution >= 4 is 0 Å². The molecule has 2 nitrogen and oxygen atoms in total. The highest BCUT2D eigenvalue weighted by Crippen LogP contribution is 2.23. The highest BCUT2D eigenvalue weighted by molar-refractivity contribution is 5.26. The van der Waals surface area contributed by atoms with Crippen molar-refractivity contribution in [3.63, 3.8) is 0 Å². The van der Waals surface area contributed by atoms with Crippen LogP contribution in [0.3, 0.4) is 0 Å². The van der Waals surface area contributed by atoms with E-state index in [4.69, 9.17) is 5.73 Å². The summed E-state index contributed by atoms with van der Waals surface area (Å²) < 4.78 is 39.6. The molecular formula is C14H13F3N2. The predicted octanol–water partition coefficient (Wildman–Crippen LogP) is 3.05. The maximum atomic E-state index is 13.6. The fraction of sp³-hybridized carbons (Fsp3) is 0.214. The van der Waals surface area contributed by atoms with Gasteiger partial charge in [0, 0.05) is 29.9 Å². The molecule has 0 saturated carbocycles. The van der Waals surface area contributed by atoms with Crippen LogP contribution in [0.25, 0.3) is 0 Å². The molecule has 0 radical (unpaired) electrons. The predicted molar refractivity (Wildman–Crippen MR) is 65.9 cm³/mol. The number of pyridine rings is 1. The average molecular weight is 266 g/mol. The highest BCUT2D eigenvalue weighted by atomic mass is 19.2. The summed E-state index contributed by atoms with van der Waals surface area (Å²) in [5.41, 5.74) is 7.42. The first kappa shape index (κ1) is 13.5. The molecule has 0 saturated heterocycles. The largest absolute Gasteiger partial charge is 0.324 e. The fourth-order valence-electron chi connectivity index (χ4n) is 1.88. The summed E-state index contributed by atoms with van der Waals surface area (Å²) in [6.07, 6.45) is 1.87. The Kier molecular flexibility index (Phi) is 3.85. The minimum atomic E-state index is -1.49. The lowest BCUT2D eigenvalue weighted by Gasteiger charge is -2.14. The highest BCUT2D eigenvalue weighted by Gasteiger charge is 2.19. The maximum absolute atomic E-state index is 13.6. The number of hydrogen-bond acceptors (Lipinski definition) is 2. The van der Waals surface area contributed by atoms with E-state index >= 15 is 0 Å². The second-order valence-electron chi connectivity index (χ2n) is 4.34. The van der Waals surface area contributed by atoms with E-state index in [1.807, 2.05) is 13.0 Å². The topological polar surface area (TPSA) is 38.9 Å². The van der Waals surface area contributed by atoms with Gasteiger partial charge in [0.05, 0.1) is 0 Å². The number of hydrogen-bond donors (Lipinski definition) is 1. The van der Waals surface area contributed by atoms with Gasteiger partial charge in [0.1, 0.15) is 0 Å². The van der Waals surface area contributed by atoms with E-state index in [-0.39, 0.29) is 12.0 Å². The minimum Gasteiger partial charge on any atom is -0.324 e. The van der Waals surface area contributed by atoms with Crippen LogP contribution in [0.15, 0.2) is 30.5 Å². The van der Waals surface area contributed by atoms with Gasteiger partial charge in [-0.3, -0.25) is 4.98 Å². The van der Waals surface area contributed by atoms with E-state index in [0.717, 1.165) is 17.7 Å². The second-order valence-corrected chi connectivity index (χ2v) is 4.34. The molecule has 5 heteroatoms. The van der Waals surface area contributed by atoms with E-state index in [0.29, 0.717) is 5.69 Å². The SMILES string of the molecule is Cc1cccnc1CC(N)c1ccc(F)c(F)c1F.